The van der Waals surface area contributed by atoms with E-state index >= 15 is 0 Å². The van der Waals surface area contributed by atoms with E-state index in [0.29, 0.717) is 18.2 Å². The number of hydrogen-bond donors (Lipinski definition) is 2. The van der Waals surface area contributed by atoms with Crippen LogP contribution in [0.3, 0.4) is 0 Å². The van der Waals surface area contributed by atoms with Gasteiger partial charge in [-0.3, -0.25) is 0 Å². The van der Waals surface area contributed by atoms with Gasteiger partial charge in [0.2, 0.25) is 0 Å². The lowest BCUT2D eigenvalue weighted by atomic mass is 9.97. The van der Waals surface area contributed by atoms with Gasteiger partial charge < -0.3 is 10.8 Å². The Hall–Kier alpha value is -0.670. The summed E-state index contributed by atoms with van der Waals surface area (Å²) in [6.07, 6.45) is 2.94. The molecule has 0 aromatic heterocycles. The van der Waals surface area contributed by atoms with Gasteiger partial charge >= 0.3 is 0 Å². The van der Waals surface area contributed by atoms with Crippen LogP contribution in [-0.4, -0.2) is 17.9 Å². The van der Waals surface area contributed by atoms with Crippen LogP contribution >= 0.6 is 11.8 Å². The number of aromatic hydroxyl groups is 1. The average Bonchev–Trinajstić information content (AvgIpc) is 2.17. The van der Waals surface area contributed by atoms with E-state index in [-0.39, 0.29) is 0 Å². The lowest BCUT2D eigenvalue weighted by Gasteiger charge is -2.15. The molecule has 0 saturated heterocycles. The quantitative estimate of drug-likeness (QED) is 0.752. The van der Waals surface area contributed by atoms with E-state index in [4.69, 9.17) is 5.73 Å². The van der Waals surface area contributed by atoms with Crippen molar-refractivity contribution < 1.29 is 5.11 Å². The fourth-order valence-electron chi connectivity index (χ4n) is 1.56. The number of benzene rings is 1. The minimum atomic E-state index is 0.374. The summed E-state index contributed by atoms with van der Waals surface area (Å²) in [6.45, 7) is 2.83. The molecule has 0 amide bonds. The largest absolute Gasteiger partial charge is 0.507 e. The molecule has 0 aliphatic rings. The number of phenolic OH excluding ortho intramolecular Hbond substituents is 1. The predicted molar refractivity (Wildman–Crippen MR) is 62.0 cm³/mol. The first-order valence-electron chi connectivity index (χ1n) is 4.76. The molecule has 0 bridgehead atoms. The Bertz CT molecular complexity index is 301. The standard InChI is InChI=1S/C11H17NOS/c1-8(6-7-12)9-4-3-5-10(13)11(9)14-2/h3-5,8,13H,6-7,12H2,1-2H3. The van der Waals surface area contributed by atoms with Crippen LogP contribution in [0.4, 0.5) is 0 Å². The van der Waals surface area contributed by atoms with Gasteiger partial charge in [0, 0.05) is 0 Å². The molecule has 0 aliphatic carbocycles. The van der Waals surface area contributed by atoms with Gasteiger partial charge in [-0.25, -0.2) is 0 Å². The monoisotopic (exact) mass is 211 g/mol. The molecule has 14 heavy (non-hydrogen) atoms. The van der Waals surface area contributed by atoms with Gasteiger partial charge in [-0.15, -0.1) is 11.8 Å². The average molecular weight is 211 g/mol. The first-order chi connectivity index (χ1) is 6.70. The maximum Gasteiger partial charge on any atom is 0.129 e. The zero-order valence-electron chi connectivity index (χ0n) is 8.66. The molecule has 1 aromatic rings. The van der Waals surface area contributed by atoms with Gasteiger partial charge in [-0.1, -0.05) is 19.1 Å². The van der Waals surface area contributed by atoms with Crippen molar-refractivity contribution in [2.45, 2.75) is 24.2 Å². The summed E-state index contributed by atoms with van der Waals surface area (Å²) in [6, 6.07) is 5.67. The highest BCUT2D eigenvalue weighted by Crippen LogP contribution is 2.35. The molecule has 3 N–H and O–H groups in total. The minimum absolute atomic E-state index is 0.374. The third-order valence-corrected chi connectivity index (χ3v) is 3.21. The van der Waals surface area contributed by atoms with Crippen LogP contribution in [0, 0.1) is 0 Å². The molecule has 1 aromatic carbocycles. The molecule has 2 nitrogen and oxygen atoms in total. The second-order valence-electron chi connectivity index (χ2n) is 3.38. The number of rotatable bonds is 4. The zero-order chi connectivity index (χ0) is 10.6. The maximum absolute atomic E-state index is 9.66. The number of thioether (sulfide) groups is 1. The van der Waals surface area contributed by atoms with Gasteiger partial charge in [0.15, 0.2) is 0 Å². The summed E-state index contributed by atoms with van der Waals surface area (Å²) in [5.41, 5.74) is 6.72. The lowest BCUT2D eigenvalue weighted by molar-refractivity contribution is 0.459. The highest BCUT2D eigenvalue weighted by Gasteiger charge is 2.12. The molecule has 1 unspecified atom stereocenters. The number of nitrogens with two attached hydrogens (primary N) is 1. The van der Waals surface area contributed by atoms with Crippen LogP contribution in [0.1, 0.15) is 24.8 Å². The van der Waals surface area contributed by atoms with Gasteiger partial charge in [-0.05, 0) is 36.8 Å². The summed E-state index contributed by atoms with van der Waals surface area (Å²) >= 11 is 1.59. The van der Waals surface area contributed by atoms with E-state index in [2.05, 4.69) is 13.0 Å². The second-order valence-corrected chi connectivity index (χ2v) is 4.19. The Morgan fingerprint density at radius 1 is 1.50 bits per heavy atom. The van der Waals surface area contributed by atoms with E-state index in [1.807, 2.05) is 12.3 Å². The molecule has 0 heterocycles. The summed E-state index contributed by atoms with van der Waals surface area (Å²) in [5.74, 6) is 0.786. The molecule has 1 atom stereocenters. The Labute approximate surface area is 89.5 Å². The van der Waals surface area contributed by atoms with E-state index in [1.54, 1.807) is 17.8 Å². The van der Waals surface area contributed by atoms with Gasteiger partial charge in [-0.2, -0.15) is 0 Å². The molecular formula is C11H17NOS. The molecule has 0 radical (unpaired) electrons. The Balaban J connectivity index is 3.00. The molecular weight excluding hydrogens is 194 g/mol. The van der Waals surface area contributed by atoms with Gasteiger partial charge in [0.05, 0.1) is 4.90 Å². The summed E-state index contributed by atoms with van der Waals surface area (Å²) < 4.78 is 0. The van der Waals surface area contributed by atoms with Crippen molar-refractivity contribution in [3.63, 3.8) is 0 Å². The maximum atomic E-state index is 9.66. The molecule has 0 aliphatic heterocycles. The molecule has 1 rings (SSSR count). The van der Waals surface area contributed by atoms with E-state index in [9.17, 15) is 5.11 Å². The predicted octanol–water partition coefficient (Wildman–Crippen LogP) is 2.57. The fraction of sp³-hybridized carbons (Fsp3) is 0.455. The SMILES string of the molecule is CSc1c(O)cccc1C(C)CCN. The zero-order valence-corrected chi connectivity index (χ0v) is 9.47. The molecule has 3 heteroatoms. The minimum Gasteiger partial charge on any atom is -0.507 e. The fourth-order valence-corrected chi connectivity index (χ4v) is 2.34. The van der Waals surface area contributed by atoms with Crippen molar-refractivity contribution in [1.29, 1.82) is 0 Å². The van der Waals surface area contributed by atoms with Crippen LogP contribution in [0.15, 0.2) is 23.1 Å². The van der Waals surface area contributed by atoms with Crippen LogP contribution < -0.4 is 5.73 Å². The summed E-state index contributed by atoms with van der Waals surface area (Å²) in [5, 5.41) is 9.66. The van der Waals surface area contributed by atoms with Crippen molar-refractivity contribution in [3.8, 4) is 5.75 Å². The molecule has 0 saturated carbocycles. The highest BCUT2D eigenvalue weighted by molar-refractivity contribution is 7.98. The molecule has 0 spiro atoms. The first kappa shape index (κ1) is 11.4. The van der Waals surface area contributed by atoms with Crippen LogP contribution in [0.2, 0.25) is 0 Å². The third-order valence-electron chi connectivity index (χ3n) is 2.36. The number of hydrogen-bond acceptors (Lipinski definition) is 3. The Morgan fingerprint density at radius 3 is 2.79 bits per heavy atom. The molecule has 0 fully saturated rings. The van der Waals surface area contributed by atoms with Crippen LogP contribution in [0.25, 0.3) is 0 Å². The van der Waals surface area contributed by atoms with Crippen molar-refractivity contribution in [2.75, 3.05) is 12.8 Å². The van der Waals surface area contributed by atoms with Crippen molar-refractivity contribution >= 4 is 11.8 Å². The van der Waals surface area contributed by atoms with E-state index < -0.39 is 0 Å². The van der Waals surface area contributed by atoms with E-state index in [0.717, 1.165) is 11.3 Å². The number of phenols is 1. The smallest absolute Gasteiger partial charge is 0.129 e. The normalized spacial score (nSPS) is 12.8. The Kier molecular flexibility index (Phi) is 4.29. The highest BCUT2D eigenvalue weighted by atomic mass is 32.2. The van der Waals surface area contributed by atoms with Gasteiger partial charge in [0.1, 0.15) is 5.75 Å². The van der Waals surface area contributed by atoms with Crippen molar-refractivity contribution in [2.24, 2.45) is 5.73 Å². The van der Waals surface area contributed by atoms with E-state index in [1.165, 1.54) is 5.56 Å². The third kappa shape index (κ3) is 2.42. The summed E-state index contributed by atoms with van der Waals surface area (Å²) in [4.78, 5) is 0.980. The second kappa shape index (κ2) is 5.27. The summed E-state index contributed by atoms with van der Waals surface area (Å²) in [7, 11) is 0. The van der Waals surface area contributed by atoms with Crippen molar-refractivity contribution in [3.05, 3.63) is 23.8 Å². The Morgan fingerprint density at radius 2 is 2.21 bits per heavy atom. The topological polar surface area (TPSA) is 46.2 Å². The van der Waals surface area contributed by atoms with Crippen molar-refractivity contribution in [1.82, 2.24) is 0 Å². The van der Waals surface area contributed by atoms with Crippen LogP contribution in [-0.2, 0) is 0 Å². The molecule has 78 valence electrons. The van der Waals surface area contributed by atoms with Gasteiger partial charge in [0.25, 0.3) is 0 Å². The lowest BCUT2D eigenvalue weighted by Crippen LogP contribution is -2.05. The first-order valence-corrected chi connectivity index (χ1v) is 5.99. The van der Waals surface area contributed by atoms with Crippen LogP contribution in [0.5, 0.6) is 5.75 Å².